The summed E-state index contributed by atoms with van der Waals surface area (Å²) in [5.74, 6) is -2.10. The highest BCUT2D eigenvalue weighted by Gasteiger charge is 2.29. The van der Waals surface area contributed by atoms with Crippen LogP contribution in [0.5, 0.6) is 5.75 Å². The maximum absolute atomic E-state index is 12.4. The van der Waals surface area contributed by atoms with Crippen LogP contribution in [0.1, 0.15) is 27.4 Å². The molecule has 0 unspecified atom stereocenters. The quantitative estimate of drug-likeness (QED) is 0.556. The van der Waals surface area contributed by atoms with Crippen LogP contribution >= 0.6 is 0 Å². The van der Waals surface area contributed by atoms with Crippen molar-refractivity contribution in [3.05, 3.63) is 83.4 Å². The minimum Gasteiger partial charge on any atom is -0.478 e. The number of anilines is 1. The van der Waals surface area contributed by atoms with Crippen molar-refractivity contribution in [2.45, 2.75) is 12.5 Å². The molecule has 2 N–H and O–H groups in total. The summed E-state index contributed by atoms with van der Waals surface area (Å²) in [5.41, 5.74) is 3.87. The highest BCUT2D eigenvalue weighted by atomic mass is 19.3. The summed E-state index contributed by atoms with van der Waals surface area (Å²) in [7, 11) is 0. The number of aromatic carboxylic acids is 1. The van der Waals surface area contributed by atoms with Crippen LogP contribution in [0.4, 0.5) is 19.3 Å². The average molecular weight is 425 g/mol. The Morgan fingerprint density at radius 1 is 0.968 bits per heavy atom. The molecule has 1 amide bonds. The molecule has 3 aromatic rings. The molecular formula is C23H17F2NO5. The first-order chi connectivity index (χ1) is 14.9. The third-order valence-electron chi connectivity index (χ3n) is 5.02. The molecule has 0 radical (unpaired) electrons. The predicted molar refractivity (Wildman–Crippen MR) is 109 cm³/mol. The van der Waals surface area contributed by atoms with Gasteiger partial charge in [0.05, 0.1) is 0 Å². The first-order valence-electron chi connectivity index (χ1n) is 9.38. The number of alkyl halides is 2. The third kappa shape index (κ3) is 4.18. The van der Waals surface area contributed by atoms with Crippen LogP contribution in [0, 0.1) is 0 Å². The van der Waals surface area contributed by atoms with Crippen LogP contribution in [-0.4, -0.2) is 30.4 Å². The fourth-order valence-electron chi connectivity index (χ4n) is 3.73. The van der Waals surface area contributed by atoms with Gasteiger partial charge in [0.1, 0.15) is 17.9 Å². The fourth-order valence-corrected chi connectivity index (χ4v) is 3.73. The van der Waals surface area contributed by atoms with Gasteiger partial charge in [-0.2, -0.15) is 8.78 Å². The number of halogens is 2. The molecule has 1 aliphatic rings. The van der Waals surface area contributed by atoms with E-state index >= 15 is 0 Å². The van der Waals surface area contributed by atoms with Crippen molar-refractivity contribution in [3.63, 3.8) is 0 Å². The van der Waals surface area contributed by atoms with Gasteiger partial charge in [-0.1, -0.05) is 48.5 Å². The van der Waals surface area contributed by atoms with E-state index in [4.69, 9.17) is 4.74 Å². The number of carbonyl (C=O) groups is 2. The van der Waals surface area contributed by atoms with E-state index in [1.807, 2.05) is 48.5 Å². The zero-order chi connectivity index (χ0) is 22.0. The van der Waals surface area contributed by atoms with Crippen molar-refractivity contribution in [3.8, 4) is 16.9 Å². The molecule has 6 nitrogen and oxygen atoms in total. The highest BCUT2D eigenvalue weighted by Crippen LogP contribution is 2.44. The SMILES string of the molecule is O=C(Nc1ccc(OC(F)F)c(C(=O)O)c1)OCC1c2ccccc2-c2ccccc21. The third-order valence-corrected chi connectivity index (χ3v) is 5.02. The van der Waals surface area contributed by atoms with Crippen LogP contribution in [0.15, 0.2) is 66.7 Å². The lowest BCUT2D eigenvalue weighted by atomic mass is 9.98. The zero-order valence-electron chi connectivity index (χ0n) is 16.0. The van der Waals surface area contributed by atoms with Crippen molar-refractivity contribution in [1.82, 2.24) is 0 Å². The number of carboxylic acids is 1. The zero-order valence-corrected chi connectivity index (χ0v) is 16.0. The highest BCUT2D eigenvalue weighted by molar-refractivity contribution is 5.94. The van der Waals surface area contributed by atoms with Crippen LogP contribution in [0.25, 0.3) is 11.1 Å². The first kappa shape index (κ1) is 20.3. The molecule has 8 heteroatoms. The van der Waals surface area contributed by atoms with Crippen LogP contribution in [0.3, 0.4) is 0 Å². The number of amides is 1. The van der Waals surface area contributed by atoms with Crippen LogP contribution < -0.4 is 10.1 Å². The predicted octanol–water partition coefficient (Wildman–Crippen LogP) is 5.35. The summed E-state index contributed by atoms with van der Waals surface area (Å²) in [6.07, 6.45) is -0.791. The Hall–Kier alpha value is -3.94. The summed E-state index contributed by atoms with van der Waals surface area (Å²) >= 11 is 0. The summed E-state index contributed by atoms with van der Waals surface area (Å²) in [6, 6.07) is 19.1. The first-order valence-corrected chi connectivity index (χ1v) is 9.38. The Morgan fingerprint density at radius 2 is 1.58 bits per heavy atom. The number of hydrogen-bond donors (Lipinski definition) is 2. The van der Waals surface area contributed by atoms with E-state index in [1.165, 1.54) is 6.07 Å². The molecule has 0 aliphatic heterocycles. The Balaban J connectivity index is 1.47. The van der Waals surface area contributed by atoms with E-state index in [1.54, 1.807) is 0 Å². The molecule has 0 saturated heterocycles. The Kier molecular flexibility index (Phi) is 5.53. The van der Waals surface area contributed by atoms with E-state index < -0.39 is 30.0 Å². The molecule has 0 spiro atoms. The van der Waals surface area contributed by atoms with Crippen LogP contribution in [-0.2, 0) is 4.74 Å². The number of hydrogen-bond acceptors (Lipinski definition) is 4. The second-order valence-corrected chi connectivity index (χ2v) is 6.85. The lowest BCUT2D eigenvalue weighted by Crippen LogP contribution is -2.18. The van der Waals surface area contributed by atoms with Gasteiger partial charge in [-0.25, -0.2) is 9.59 Å². The standard InChI is InChI=1S/C23H17F2NO5/c24-22(25)31-20-10-9-13(11-18(20)21(27)28)26-23(29)30-12-19-16-7-3-1-5-14(16)15-6-2-4-8-17(15)19/h1-11,19,22H,12H2,(H,26,29)(H,27,28). The van der Waals surface area contributed by atoms with Gasteiger partial charge in [-0.3, -0.25) is 5.32 Å². The van der Waals surface area contributed by atoms with Crippen molar-refractivity contribution in [2.24, 2.45) is 0 Å². The number of rotatable bonds is 6. The van der Waals surface area contributed by atoms with Crippen molar-refractivity contribution < 1.29 is 33.0 Å². The van der Waals surface area contributed by atoms with Gasteiger partial charge in [0.15, 0.2) is 0 Å². The largest absolute Gasteiger partial charge is 0.478 e. The van der Waals surface area contributed by atoms with E-state index in [0.717, 1.165) is 34.4 Å². The summed E-state index contributed by atoms with van der Waals surface area (Å²) in [6.45, 7) is -3.09. The molecule has 0 heterocycles. The topological polar surface area (TPSA) is 84.9 Å². The van der Waals surface area contributed by atoms with E-state index in [-0.39, 0.29) is 18.2 Å². The minimum atomic E-state index is -3.17. The Bertz CT molecular complexity index is 1100. The second kappa shape index (κ2) is 8.43. The van der Waals surface area contributed by atoms with E-state index in [0.29, 0.717) is 0 Å². The molecule has 0 atom stereocenters. The van der Waals surface area contributed by atoms with E-state index in [9.17, 15) is 23.5 Å². The average Bonchev–Trinajstić information content (AvgIpc) is 3.07. The number of benzene rings is 3. The normalized spacial score (nSPS) is 12.2. The number of nitrogens with one attached hydrogen (secondary N) is 1. The molecule has 0 aromatic heterocycles. The van der Waals surface area contributed by atoms with Crippen LogP contribution in [0.2, 0.25) is 0 Å². The maximum Gasteiger partial charge on any atom is 0.411 e. The lowest BCUT2D eigenvalue weighted by molar-refractivity contribution is -0.0503. The van der Waals surface area contributed by atoms with Crippen molar-refractivity contribution >= 4 is 17.7 Å². The Labute approximate surface area is 176 Å². The summed E-state index contributed by atoms with van der Waals surface area (Å²) in [5, 5.41) is 11.6. The number of fused-ring (bicyclic) bond motifs is 3. The molecular weight excluding hydrogens is 408 g/mol. The van der Waals surface area contributed by atoms with Gasteiger partial charge in [0, 0.05) is 11.6 Å². The Morgan fingerprint density at radius 3 is 2.16 bits per heavy atom. The smallest absolute Gasteiger partial charge is 0.411 e. The van der Waals surface area contributed by atoms with Gasteiger partial charge < -0.3 is 14.6 Å². The van der Waals surface area contributed by atoms with Gasteiger partial charge in [-0.05, 0) is 40.5 Å². The van der Waals surface area contributed by atoms with Gasteiger partial charge in [-0.15, -0.1) is 0 Å². The van der Waals surface area contributed by atoms with Gasteiger partial charge in [0.25, 0.3) is 0 Å². The molecule has 3 aromatic carbocycles. The summed E-state index contributed by atoms with van der Waals surface area (Å²) in [4.78, 5) is 23.6. The molecule has 1 aliphatic carbocycles. The maximum atomic E-state index is 12.4. The van der Waals surface area contributed by atoms with E-state index in [2.05, 4.69) is 10.1 Å². The molecule has 158 valence electrons. The fraction of sp³-hybridized carbons (Fsp3) is 0.130. The summed E-state index contributed by atoms with van der Waals surface area (Å²) < 4.78 is 34.4. The minimum absolute atomic E-state index is 0.0799. The molecule has 0 saturated carbocycles. The monoisotopic (exact) mass is 425 g/mol. The molecule has 0 fully saturated rings. The van der Waals surface area contributed by atoms with Gasteiger partial charge in [0.2, 0.25) is 0 Å². The van der Waals surface area contributed by atoms with Crippen molar-refractivity contribution in [2.75, 3.05) is 11.9 Å². The second-order valence-electron chi connectivity index (χ2n) is 6.85. The van der Waals surface area contributed by atoms with Crippen molar-refractivity contribution in [1.29, 1.82) is 0 Å². The number of carbonyl (C=O) groups excluding carboxylic acids is 1. The lowest BCUT2D eigenvalue weighted by Gasteiger charge is -2.15. The number of carboxylic acid groups (broad SMARTS) is 1. The molecule has 4 rings (SSSR count). The molecule has 31 heavy (non-hydrogen) atoms. The number of ether oxygens (including phenoxy) is 2. The molecule has 0 bridgehead atoms. The van der Waals surface area contributed by atoms with Gasteiger partial charge >= 0.3 is 18.7 Å².